The first kappa shape index (κ1) is 16.9. The molecule has 0 spiro atoms. The molecule has 1 unspecified atom stereocenters. The van der Waals surface area contributed by atoms with Gasteiger partial charge in [0.05, 0.1) is 18.7 Å². The van der Waals surface area contributed by atoms with Crippen molar-refractivity contribution >= 4 is 11.8 Å². The normalized spacial score (nSPS) is 13.9. The molecule has 0 bridgehead atoms. The predicted octanol–water partition coefficient (Wildman–Crippen LogP) is -0.323. The quantitative estimate of drug-likeness (QED) is 0.679. The van der Waals surface area contributed by atoms with E-state index in [0.29, 0.717) is 19.6 Å². The van der Waals surface area contributed by atoms with Gasteiger partial charge in [0.2, 0.25) is 11.8 Å². The van der Waals surface area contributed by atoms with E-state index >= 15 is 0 Å². The van der Waals surface area contributed by atoms with Crippen molar-refractivity contribution in [1.82, 2.24) is 9.80 Å². The molecule has 0 heterocycles. The van der Waals surface area contributed by atoms with Crippen molar-refractivity contribution in [3.63, 3.8) is 0 Å². The van der Waals surface area contributed by atoms with Crippen LogP contribution in [0.15, 0.2) is 0 Å². The first-order valence-electron chi connectivity index (χ1n) is 6.03. The molecule has 18 heavy (non-hydrogen) atoms. The lowest BCUT2D eigenvalue weighted by Crippen LogP contribution is -2.55. The van der Waals surface area contributed by atoms with Gasteiger partial charge >= 0.3 is 0 Å². The van der Waals surface area contributed by atoms with E-state index in [1.807, 2.05) is 6.92 Å². The molecule has 0 aromatic heterocycles. The van der Waals surface area contributed by atoms with Crippen LogP contribution in [0.25, 0.3) is 0 Å². The van der Waals surface area contributed by atoms with Gasteiger partial charge in [-0.3, -0.25) is 9.59 Å². The molecular weight excluding hydrogens is 234 g/mol. The highest BCUT2D eigenvalue weighted by Gasteiger charge is 2.31. The molecule has 6 nitrogen and oxygen atoms in total. The Kier molecular flexibility index (Phi) is 6.86. The van der Waals surface area contributed by atoms with Gasteiger partial charge in [0.1, 0.15) is 0 Å². The summed E-state index contributed by atoms with van der Waals surface area (Å²) in [4.78, 5) is 26.8. The van der Waals surface area contributed by atoms with Crippen molar-refractivity contribution in [2.24, 2.45) is 5.73 Å². The van der Waals surface area contributed by atoms with Gasteiger partial charge in [-0.25, -0.2) is 0 Å². The number of ether oxygens (including phenoxy) is 1. The summed E-state index contributed by atoms with van der Waals surface area (Å²) in [5.41, 5.74) is 4.98. The number of likely N-dealkylation sites (N-methyl/N-ethyl adjacent to an activating group) is 1. The van der Waals surface area contributed by atoms with Crippen LogP contribution in [-0.2, 0) is 14.3 Å². The summed E-state index contributed by atoms with van der Waals surface area (Å²) in [5, 5.41) is 0. The zero-order chi connectivity index (χ0) is 14.3. The van der Waals surface area contributed by atoms with E-state index in [0.717, 1.165) is 0 Å². The molecule has 0 aromatic carbocycles. The van der Waals surface area contributed by atoms with Crippen molar-refractivity contribution in [3.05, 3.63) is 0 Å². The summed E-state index contributed by atoms with van der Waals surface area (Å²) in [5.74, 6) is -0.358. The molecule has 0 aliphatic heterocycles. The summed E-state index contributed by atoms with van der Waals surface area (Å²) in [6, 6.07) is 0. The molecule has 0 aromatic rings. The summed E-state index contributed by atoms with van der Waals surface area (Å²) >= 11 is 0. The summed E-state index contributed by atoms with van der Waals surface area (Å²) in [7, 11) is 4.86. The van der Waals surface area contributed by atoms with Crippen LogP contribution < -0.4 is 5.73 Å². The molecule has 0 saturated carbocycles. The molecule has 106 valence electrons. The van der Waals surface area contributed by atoms with Crippen LogP contribution >= 0.6 is 0 Å². The lowest BCUT2D eigenvalue weighted by atomic mass is 9.98. The van der Waals surface area contributed by atoms with E-state index in [2.05, 4.69) is 0 Å². The van der Waals surface area contributed by atoms with Gasteiger partial charge in [0.15, 0.2) is 0 Å². The van der Waals surface area contributed by atoms with Crippen molar-refractivity contribution < 1.29 is 14.3 Å². The Bertz CT molecular complexity index is 290. The second-order valence-electron chi connectivity index (χ2n) is 4.78. The fraction of sp³-hybridized carbons (Fsp3) is 0.833. The van der Waals surface area contributed by atoms with Crippen LogP contribution in [0.3, 0.4) is 0 Å². The SMILES string of the molecule is CCC(C)(N)C(=O)N(CCOC)CC(=O)N(C)C. The fourth-order valence-corrected chi connectivity index (χ4v) is 1.27. The summed E-state index contributed by atoms with van der Waals surface area (Å²) in [6.07, 6.45) is 0.519. The molecule has 0 radical (unpaired) electrons. The number of methoxy groups -OCH3 is 1. The van der Waals surface area contributed by atoms with Gasteiger partial charge in [0, 0.05) is 27.7 Å². The highest BCUT2D eigenvalue weighted by atomic mass is 16.5. The lowest BCUT2D eigenvalue weighted by Gasteiger charge is -2.31. The average molecular weight is 259 g/mol. The van der Waals surface area contributed by atoms with Crippen LogP contribution in [0.2, 0.25) is 0 Å². The number of carbonyl (C=O) groups is 2. The topological polar surface area (TPSA) is 75.9 Å². The maximum atomic E-state index is 12.2. The van der Waals surface area contributed by atoms with E-state index in [4.69, 9.17) is 10.5 Å². The highest BCUT2D eigenvalue weighted by molar-refractivity contribution is 5.89. The number of rotatable bonds is 7. The minimum absolute atomic E-state index is 0.0297. The zero-order valence-electron chi connectivity index (χ0n) is 12.0. The second-order valence-corrected chi connectivity index (χ2v) is 4.78. The lowest BCUT2D eigenvalue weighted by molar-refractivity contribution is -0.143. The monoisotopic (exact) mass is 259 g/mol. The smallest absolute Gasteiger partial charge is 0.242 e. The summed E-state index contributed by atoms with van der Waals surface area (Å²) in [6.45, 7) is 4.30. The maximum Gasteiger partial charge on any atom is 0.242 e. The molecule has 0 aliphatic carbocycles. The standard InChI is InChI=1S/C12H25N3O3/c1-6-12(2,13)11(17)15(7-8-18-5)9-10(16)14(3)4/h6-9,13H2,1-5H3. The number of nitrogens with zero attached hydrogens (tertiary/aromatic N) is 2. The van der Waals surface area contributed by atoms with Crippen molar-refractivity contribution in [3.8, 4) is 0 Å². The van der Waals surface area contributed by atoms with Gasteiger partial charge in [-0.05, 0) is 13.3 Å². The largest absolute Gasteiger partial charge is 0.383 e. The van der Waals surface area contributed by atoms with Crippen LogP contribution in [0.4, 0.5) is 0 Å². The van der Waals surface area contributed by atoms with Crippen molar-refractivity contribution in [2.45, 2.75) is 25.8 Å². The molecule has 1 atom stereocenters. The van der Waals surface area contributed by atoms with E-state index < -0.39 is 5.54 Å². The molecule has 0 fully saturated rings. The van der Waals surface area contributed by atoms with Crippen LogP contribution in [0, 0.1) is 0 Å². The van der Waals surface area contributed by atoms with Gasteiger partial charge in [-0.15, -0.1) is 0 Å². The molecule has 2 N–H and O–H groups in total. The highest BCUT2D eigenvalue weighted by Crippen LogP contribution is 2.10. The Morgan fingerprint density at radius 2 is 1.89 bits per heavy atom. The first-order valence-corrected chi connectivity index (χ1v) is 6.03. The number of carbonyl (C=O) groups excluding carboxylic acids is 2. The molecular formula is C12H25N3O3. The van der Waals surface area contributed by atoms with Crippen molar-refractivity contribution in [1.29, 1.82) is 0 Å². The van der Waals surface area contributed by atoms with Crippen LogP contribution in [0.1, 0.15) is 20.3 Å². The number of hydrogen-bond acceptors (Lipinski definition) is 4. The number of hydrogen-bond donors (Lipinski definition) is 1. The van der Waals surface area contributed by atoms with Crippen molar-refractivity contribution in [2.75, 3.05) is 40.9 Å². The number of nitrogens with two attached hydrogens (primary N) is 1. The van der Waals surface area contributed by atoms with Crippen LogP contribution in [-0.4, -0.2) is 68.1 Å². The van der Waals surface area contributed by atoms with E-state index in [-0.39, 0.29) is 18.4 Å². The third kappa shape index (κ3) is 5.01. The second kappa shape index (κ2) is 7.33. The third-order valence-corrected chi connectivity index (χ3v) is 2.90. The summed E-state index contributed by atoms with van der Waals surface area (Å²) < 4.78 is 4.95. The fourth-order valence-electron chi connectivity index (χ4n) is 1.27. The number of amides is 2. The Morgan fingerprint density at radius 1 is 1.33 bits per heavy atom. The van der Waals surface area contributed by atoms with Gasteiger partial charge in [0.25, 0.3) is 0 Å². The first-order chi connectivity index (χ1) is 8.26. The Hall–Kier alpha value is -1.14. The van der Waals surface area contributed by atoms with E-state index in [1.54, 1.807) is 28.1 Å². The van der Waals surface area contributed by atoms with Gasteiger partial charge in [-0.2, -0.15) is 0 Å². The predicted molar refractivity (Wildman–Crippen MR) is 70.0 cm³/mol. The molecule has 0 aliphatic rings. The Morgan fingerprint density at radius 3 is 2.28 bits per heavy atom. The Balaban J connectivity index is 4.77. The van der Waals surface area contributed by atoms with Gasteiger partial charge < -0.3 is 20.3 Å². The molecule has 2 amide bonds. The average Bonchev–Trinajstić information content (AvgIpc) is 2.32. The van der Waals surface area contributed by atoms with E-state index in [9.17, 15) is 9.59 Å². The molecule has 0 saturated heterocycles. The van der Waals surface area contributed by atoms with E-state index in [1.165, 1.54) is 9.80 Å². The van der Waals surface area contributed by atoms with Gasteiger partial charge in [-0.1, -0.05) is 6.92 Å². The van der Waals surface area contributed by atoms with Crippen LogP contribution in [0.5, 0.6) is 0 Å². The molecule has 6 heteroatoms. The zero-order valence-corrected chi connectivity index (χ0v) is 12.0. The molecule has 0 rings (SSSR count). The Labute approximate surface area is 109 Å². The maximum absolute atomic E-state index is 12.2. The minimum atomic E-state index is -0.944. The third-order valence-electron chi connectivity index (χ3n) is 2.90. The minimum Gasteiger partial charge on any atom is -0.383 e.